The van der Waals surface area contributed by atoms with Crippen LogP contribution in [0.25, 0.3) is 0 Å². The number of esters is 2. The number of benzene rings is 1. The molecule has 1 rings (SSSR count). The Labute approximate surface area is 133 Å². The Morgan fingerprint density at radius 3 is 2.59 bits per heavy atom. The molecule has 0 saturated heterocycles. The summed E-state index contributed by atoms with van der Waals surface area (Å²) in [6.07, 6.45) is 1.75. The fourth-order valence-corrected chi connectivity index (χ4v) is 1.64. The second kappa shape index (κ2) is 8.94. The molecule has 120 valence electrons. The third kappa shape index (κ3) is 4.96. The number of ether oxygens (including phenoxy) is 4. The molecule has 0 aromatic heterocycles. The van der Waals surface area contributed by atoms with Crippen LogP contribution in [-0.2, 0) is 19.0 Å². The maximum absolute atomic E-state index is 12.0. The number of carbonyl (C=O) groups excluding carboxylic acids is 2. The Morgan fingerprint density at radius 2 is 2.00 bits per heavy atom. The molecule has 1 aromatic rings. The Balaban J connectivity index is 3.10. The van der Waals surface area contributed by atoms with Crippen LogP contribution >= 0.6 is 11.6 Å². The lowest BCUT2D eigenvalue weighted by molar-refractivity contribution is -0.138. The molecule has 0 amide bonds. The van der Waals surface area contributed by atoms with Gasteiger partial charge in [-0.1, -0.05) is 18.5 Å². The zero-order valence-corrected chi connectivity index (χ0v) is 13.3. The lowest BCUT2D eigenvalue weighted by Crippen LogP contribution is -2.14. The van der Waals surface area contributed by atoms with Gasteiger partial charge in [-0.05, 0) is 24.6 Å². The first-order chi connectivity index (χ1) is 10.5. The van der Waals surface area contributed by atoms with Gasteiger partial charge in [0.25, 0.3) is 0 Å². The molecule has 0 aliphatic rings. The summed E-state index contributed by atoms with van der Waals surface area (Å²) in [5, 5.41) is 0.339. The van der Waals surface area contributed by atoms with Crippen LogP contribution in [0, 0.1) is 0 Å². The minimum absolute atomic E-state index is 0.104. The number of carbonyl (C=O) groups is 2. The molecule has 0 N–H and O–H groups in total. The standard InChI is InChI=1S/C15H17ClO6/c1-4-7-21-14(17)11-8-10(16)5-6-12(11)22-13(9-19-2)15(18)20-3/h5-6,8-9H,4,7H2,1-3H3/b13-9+. The van der Waals surface area contributed by atoms with Crippen LogP contribution in [0.1, 0.15) is 23.7 Å². The van der Waals surface area contributed by atoms with E-state index < -0.39 is 11.9 Å². The summed E-state index contributed by atoms with van der Waals surface area (Å²) in [6, 6.07) is 4.38. The largest absolute Gasteiger partial charge is 0.500 e. The predicted octanol–water partition coefficient (Wildman–Crippen LogP) is 2.95. The molecule has 7 heteroatoms. The van der Waals surface area contributed by atoms with Gasteiger partial charge in [-0.3, -0.25) is 0 Å². The maximum Gasteiger partial charge on any atom is 0.377 e. The average molecular weight is 329 g/mol. The van der Waals surface area contributed by atoms with Crippen molar-refractivity contribution < 1.29 is 28.5 Å². The highest BCUT2D eigenvalue weighted by molar-refractivity contribution is 6.31. The molecule has 6 nitrogen and oxygen atoms in total. The highest BCUT2D eigenvalue weighted by Gasteiger charge is 2.20. The molecule has 0 aliphatic carbocycles. The summed E-state index contributed by atoms with van der Waals surface area (Å²) < 4.78 is 19.8. The van der Waals surface area contributed by atoms with E-state index in [9.17, 15) is 9.59 Å². The minimum atomic E-state index is -0.746. The van der Waals surface area contributed by atoms with E-state index in [0.717, 1.165) is 6.26 Å². The lowest BCUT2D eigenvalue weighted by Gasteiger charge is -2.12. The van der Waals surface area contributed by atoms with Crippen molar-refractivity contribution in [2.24, 2.45) is 0 Å². The van der Waals surface area contributed by atoms with E-state index in [4.69, 9.17) is 25.8 Å². The number of hydrogen-bond donors (Lipinski definition) is 0. The first kappa shape index (κ1) is 17.8. The Hall–Kier alpha value is -2.21. The van der Waals surface area contributed by atoms with Crippen LogP contribution in [0.5, 0.6) is 5.75 Å². The van der Waals surface area contributed by atoms with E-state index in [-0.39, 0.29) is 23.7 Å². The van der Waals surface area contributed by atoms with Crippen molar-refractivity contribution in [2.45, 2.75) is 13.3 Å². The highest BCUT2D eigenvalue weighted by atomic mass is 35.5. The molecular formula is C15H17ClO6. The zero-order valence-electron chi connectivity index (χ0n) is 12.6. The molecule has 1 aromatic carbocycles. The van der Waals surface area contributed by atoms with Crippen LogP contribution < -0.4 is 4.74 Å². The van der Waals surface area contributed by atoms with Gasteiger partial charge in [-0.15, -0.1) is 0 Å². The van der Waals surface area contributed by atoms with Crippen molar-refractivity contribution >= 4 is 23.5 Å². The number of methoxy groups -OCH3 is 2. The third-order valence-corrected chi connectivity index (χ3v) is 2.67. The average Bonchev–Trinajstić information content (AvgIpc) is 2.52. The maximum atomic E-state index is 12.0. The molecular weight excluding hydrogens is 312 g/mol. The van der Waals surface area contributed by atoms with Gasteiger partial charge in [-0.25, -0.2) is 9.59 Å². The van der Waals surface area contributed by atoms with E-state index in [0.29, 0.717) is 11.4 Å². The van der Waals surface area contributed by atoms with Gasteiger partial charge in [0, 0.05) is 5.02 Å². The monoisotopic (exact) mass is 328 g/mol. The van der Waals surface area contributed by atoms with Crippen molar-refractivity contribution in [1.82, 2.24) is 0 Å². The fraction of sp³-hybridized carbons (Fsp3) is 0.333. The molecule has 0 spiro atoms. The summed E-state index contributed by atoms with van der Waals surface area (Å²) in [7, 11) is 2.55. The normalized spacial score (nSPS) is 10.8. The van der Waals surface area contributed by atoms with Crippen molar-refractivity contribution in [3.63, 3.8) is 0 Å². The van der Waals surface area contributed by atoms with Crippen molar-refractivity contribution in [2.75, 3.05) is 20.8 Å². The van der Waals surface area contributed by atoms with Crippen molar-refractivity contribution in [3.8, 4) is 5.75 Å². The second-order valence-electron chi connectivity index (χ2n) is 4.09. The molecule has 0 aliphatic heterocycles. The number of rotatable bonds is 7. The van der Waals surface area contributed by atoms with E-state index in [1.54, 1.807) is 0 Å². The Morgan fingerprint density at radius 1 is 1.27 bits per heavy atom. The van der Waals surface area contributed by atoms with Gasteiger partial charge in [0.2, 0.25) is 5.76 Å². The number of hydrogen-bond acceptors (Lipinski definition) is 6. The van der Waals surface area contributed by atoms with Crippen LogP contribution in [0.4, 0.5) is 0 Å². The van der Waals surface area contributed by atoms with Gasteiger partial charge in [0.05, 0.1) is 20.8 Å². The van der Waals surface area contributed by atoms with Gasteiger partial charge in [0.1, 0.15) is 17.6 Å². The SMILES string of the molecule is CCCOC(=O)c1cc(Cl)ccc1O/C(=C/OC)C(=O)OC. The number of halogens is 1. The minimum Gasteiger partial charge on any atom is -0.500 e. The smallest absolute Gasteiger partial charge is 0.377 e. The molecule has 0 heterocycles. The van der Waals surface area contributed by atoms with Crippen LogP contribution in [0.15, 0.2) is 30.2 Å². The van der Waals surface area contributed by atoms with Crippen molar-refractivity contribution in [1.29, 1.82) is 0 Å². The summed E-state index contributed by atoms with van der Waals surface area (Å²) in [5.41, 5.74) is 0.104. The molecule has 0 bridgehead atoms. The first-order valence-corrected chi connectivity index (χ1v) is 6.87. The topological polar surface area (TPSA) is 71.1 Å². The van der Waals surface area contributed by atoms with Crippen LogP contribution in [-0.4, -0.2) is 32.8 Å². The Bertz CT molecular complexity index is 567. The Kier molecular flexibility index (Phi) is 7.25. The van der Waals surface area contributed by atoms with Gasteiger partial charge < -0.3 is 18.9 Å². The van der Waals surface area contributed by atoms with Crippen LogP contribution in [0.3, 0.4) is 0 Å². The molecule has 0 fully saturated rings. The molecule has 0 atom stereocenters. The summed E-state index contributed by atoms with van der Waals surface area (Å²) in [5.74, 6) is -1.44. The lowest BCUT2D eigenvalue weighted by atomic mass is 10.2. The van der Waals surface area contributed by atoms with Crippen molar-refractivity contribution in [3.05, 3.63) is 40.8 Å². The third-order valence-electron chi connectivity index (χ3n) is 2.43. The zero-order chi connectivity index (χ0) is 16.5. The molecule has 22 heavy (non-hydrogen) atoms. The quantitative estimate of drug-likeness (QED) is 0.435. The molecule has 0 saturated carbocycles. The summed E-state index contributed by atoms with van der Waals surface area (Å²) in [4.78, 5) is 23.6. The summed E-state index contributed by atoms with van der Waals surface area (Å²) >= 11 is 5.89. The molecule has 0 unspecified atom stereocenters. The first-order valence-electron chi connectivity index (χ1n) is 6.49. The fourth-order valence-electron chi connectivity index (χ4n) is 1.46. The second-order valence-corrected chi connectivity index (χ2v) is 4.52. The predicted molar refractivity (Wildman–Crippen MR) is 79.8 cm³/mol. The van der Waals surface area contributed by atoms with Gasteiger partial charge >= 0.3 is 11.9 Å². The van der Waals surface area contributed by atoms with E-state index >= 15 is 0 Å². The van der Waals surface area contributed by atoms with Gasteiger partial charge in [0.15, 0.2) is 0 Å². The highest BCUT2D eigenvalue weighted by Crippen LogP contribution is 2.26. The summed E-state index contributed by atoms with van der Waals surface area (Å²) in [6.45, 7) is 2.14. The molecule has 0 radical (unpaired) electrons. The van der Waals surface area contributed by atoms with E-state index in [1.165, 1.54) is 32.4 Å². The van der Waals surface area contributed by atoms with E-state index in [2.05, 4.69) is 4.74 Å². The van der Waals surface area contributed by atoms with E-state index in [1.807, 2.05) is 6.92 Å². The van der Waals surface area contributed by atoms with Gasteiger partial charge in [-0.2, -0.15) is 0 Å². The van der Waals surface area contributed by atoms with Crippen LogP contribution in [0.2, 0.25) is 5.02 Å².